The van der Waals surface area contributed by atoms with E-state index in [0.717, 1.165) is 18.7 Å². The van der Waals surface area contributed by atoms with Crippen molar-refractivity contribution >= 4 is 11.8 Å². The van der Waals surface area contributed by atoms with Gasteiger partial charge in [-0.1, -0.05) is 6.92 Å². The lowest BCUT2D eigenvalue weighted by Gasteiger charge is -2.23. The molecule has 0 aromatic carbocycles. The Morgan fingerprint density at radius 3 is 2.75 bits per heavy atom. The molecule has 0 saturated carbocycles. The van der Waals surface area contributed by atoms with E-state index in [9.17, 15) is 9.59 Å². The number of amides is 2. The molecule has 8 heteroatoms. The zero-order valence-electron chi connectivity index (χ0n) is 14.2. The number of hydrogen-bond donors (Lipinski definition) is 2. The SMILES string of the molecule is CCC(=O)N1C[C@@H](NC(=O)C2CCOCC2)C[C@H]1c1n[nH]c(C)n1. The topological polar surface area (TPSA) is 100 Å². The normalized spacial score (nSPS) is 25.0. The molecule has 3 heterocycles. The molecule has 0 radical (unpaired) electrons. The zero-order valence-corrected chi connectivity index (χ0v) is 14.2. The van der Waals surface area contributed by atoms with Gasteiger partial charge in [-0.2, -0.15) is 5.10 Å². The molecule has 2 N–H and O–H groups in total. The molecule has 2 fully saturated rings. The molecule has 1 aromatic heterocycles. The van der Waals surface area contributed by atoms with Crippen molar-refractivity contribution in [2.24, 2.45) is 5.92 Å². The molecule has 2 aliphatic rings. The van der Waals surface area contributed by atoms with Crippen LogP contribution in [0, 0.1) is 12.8 Å². The standard InChI is InChI=1S/C16H25N5O3/c1-3-14(22)21-9-12(8-13(21)15-17-10(2)19-20-15)18-16(23)11-4-6-24-7-5-11/h11-13H,3-9H2,1-2H3,(H,18,23)(H,17,19,20)/t12-,13-/m0/s1. The molecule has 0 spiro atoms. The Hall–Kier alpha value is -1.96. The first-order chi connectivity index (χ1) is 11.6. The third-order valence-electron chi connectivity index (χ3n) is 4.77. The number of H-pyrrole nitrogens is 1. The van der Waals surface area contributed by atoms with Crippen molar-refractivity contribution in [3.05, 3.63) is 11.6 Å². The first-order valence-corrected chi connectivity index (χ1v) is 8.65. The highest BCUT2D eigenvalue weighted by molar-refractivity contribution is 5.80. The highest BCUT2D eigenvalue weighted by Gasteiger charge is 2.39. The van der Waals surface area contributed by atoms with Gasteiger partial charge in [0.1, 0.15) is 5.82 Å². The number of hydrogen-bond acceptors (Lipinski definition) is 5. The lowest BCUT2D eigenvalue weighted by atomic mass is 9.99. The van der Waals surface area contributed by atoms with Gasteiger partial charge in [-0.15, -0.1) is 0 Å². The van der Waals surface area contributed by atoms with Crippen molar-refractivity contribution in [2.75, 3.05) is 19.8 Å². The quantitative estimate of drug-likeness (QED) is 0.844. The van der Waals surface area contributed by atoms with Crippen molar-refractivity contribution < 1.29 is 14.3 Å². The molecular formula is C16H25N5O3. The predicted molar refractivity (Wildman–Crippen MR) is 86.0 cm³/mol. The summed E-state index contributed by atoms with van der Waals surface area (Å²) in [4.78, 5) is 30.9. The van der Waals surface area contributed by atoms with E-state index in [4.69, 9.17) is 4.74 Å². The summed E-state index contributed by atoms with van der Waals surface area (Å²) in [5.74, 6) is 1.49. The Kier molecular flexibility index (Phi) is 5.13. The molecule has 0 unspecified atom stereocenters. The number of likely N-dealkylation sites (tertiary alicyclic amines) is 1. The zero-order chi connectivity index (χ0) is 17.1. The first-order valence-electron chi connectivity index (χ1n) is 8.65. The van der Waals surface area contributed by atoms with Crippen molar-refractivity contribution in [1.82, 2.24) is 25.4 Å². The van der Waals surface area contributed by atoms with E-state index in [0.29, 0.717) is 38.4 Å². The number of aryl methyl sites for hydroxylation is 1. The lowest BCUT2D eigenvalue weighted by molar-refractivity contribution is -0.132. The van der Waals surface area contributed by atoms with Crippen molar-refractivity contribution in [3.63, 3.8) is 0 Å². The summed E-state index contributed by atoms with van der Waals surface area (Å²) in [6.45, 7) is 5.48. The maximum absolute atomic E-state index is 12.4. The van der Waals surface area contributed by atoms with Crippen molar-refractivity contribution in [3.8, 4) is 0 Å². The molecule has 8 nitrogen and oxygen atoms in total. The number of aromatic amines is 1. The number of carbonyl (C=O) groups excluding carboxylic acids is 2. The second kappa shape index (κ2) is 7.29. The van der Waals surface area contributed by atoms with Crippen LogP contribution in [0.4, 0.5) is 0 Å². The Balaban J connectivity index is 1.67. The van der Waals surface area contributed by atoms with Crippen molar-refractivity contribution in [1.29, 1.82) is 0 Å². The van der Waals surface area contributed by atoms with Crippen LogP contribution in [0.5, 0.6) is 0 Å². The summed E-state index contributed by atoms with van der Waals surface area (Å²) in [6, 6.07) is -0.234. The number of ether oxygens (including phenoxy) is 1. The van der Waals surface area contributed by atoms with Gasteiger partial charge in [0.15, 0.2) is 5.82 Å². The number of aromatic nitrogens is 3. The Labute approximate surface area is 141 Å². The highest BCUT2D eigenvalue weighted by atomic mass is 16.5. The molecule has 132 valence electrons. The lowest BCUT2D eigenvalue weighted by Crippen LogP contribution is -2.42. The molecule has 0 aliphatic carbocycles. The molecule has 2 saturated heterocycles. The summed E-state index contributed by atoms with van der Waals surface area (Å²) in [6.07, 6.45) is 2.61. The average Bonchev–Trinajstić information content (AvgIpc) is 3.21. The van der Waals surface area contributed by atoms with Gasteiger partial charge in [-0.25, -0.2) is 4.98 Å². The number of rotatable bonds is 4. The average molecular weight is 335 g/mol. The van der Waals surface area contributed by atoms with E-state index in [1.807, 2.05) is 13.8 Å². The summed E-state index contributed by atoms with van der Waals surface area (Å²) >= 11 is 0. The van der Waals surface area contributed by atoms with E-state index in [2.05, 4.69) is 20.5 Å². The van der Waals surface area contributed by atoms with Gasteiger partial charge >= 0.3 is 0 Å². The largest absolute Gasteiger partial charge is 0.381 e. The van der Waals surface area contributed by atoms with Crippen LogP contribution in [0.1, 0.15) is 50.3 Å². The molecular weight excluding hydrogens is 310 g/mol. The monoisotopic (exact) mass is 335 g/mol. The minimum Gasteiger partial charge on any atom is -0.381 e. The van der Waals surface area contributed by atoms with Crippen LogP contribution in [0.25, 0.3) is 0 Å². The molecule has 2 aliphatic heterocycles. The van der Waals surface area contributed by atoms with Crippen LogP contribution in [0.3, 0.4) is 0 Å². The Morgan fingerprint density at radius 1 is 1.38 bits per heavy atom. The van der Waals surface area contributed by atoms with E-state index in [-0.39, 0.29) is 29.8 Å². The first kappa shape index (κ1) is 16.9. The summed E-state index contributed by atoms with van der Waals surface area (Å²) in [7, 11) is 0. The molecule has 0 bridgehead atoms. The third kappa shape index (κ3) is 3.58. The number of carbonyl (C=O) groups is 2. The van der Waals surface area contributed by atoms with E-state index in [1.54, 1.807) is 4.90 Å². The molecule has 3 rings (SSSR count). The van der Waals surface area contributed by atoms with Crippen LogP contribution in [0.2, 0.25) is 0 Å². The second-order valence-corrected chi connectivity index (χ2v) is 6.52. The second-order valence-electron chi connectivity index (χ2n) is 6.52. The molecule has 2 atom stereocenters. The van der Waals surface area contributed by atoms with Gasteiger partial charge in [0.25, 0.3) is 0 Å². The van der Waals surface area contributed by atoms with E-state index in [1.165, 1.54) is 0 Å². The minimum atomic E-state index is -0.178. The highest BCUT2D eigenvalue weighted by Crippen LogP contribution is 2.31. The van der Waals surface area contributed by atoms with Crippen molar-refractivity contribution in [2.45, 2.75) is 51.6 Å². The molecule has 24 heavy (non-hydrogen) atoms. The third-order valence-corrected chi connectivity index (χ3v) is 4.77. The maximum Gasteiger partial charge on any atom is 0.223 e. The van der Waals surface area contributed by atoms with Gasteiger partial charge in [-0.05, 0) is 26.2 Å². The number of nitrogens with one attached hydrogen (secondary N) is 2. The predicted octanol–water partition coefficient (Wildman–Crippen LogP) is 0.708. The van der Waals surface area contributed by atoms with Crippen LogP contribution in [-0.4, -0.2) is 57.7 Å². The maximum atomic E-state index is 12.4. The van der Waals surface area contributed by atoms with Crippen LogP contribution < -0.4 is 5.32 Å². The fraction of sp³-hybridized carbons (Fsp3) is 0.750. The summed E-state index contributed by atoms with van der Waals surface area (Å²) in [5.41, 5.74) is 0. The molecule has 1 aromatic rings. The number of nitrogens with zero attached hydrogens (tertiary/aromatic N) is 3. The van der Waals surface area contributed by atoms with Crippen LogP contribution >= 0.6 is 0 Å². The molecule has 2 amide bonds. The Morgan fingerprint density at radius 2 is 2.12 bits per heavy atom. The van der Waals surface area contributed by atoms with Gasteiger partial charge in [0, 0.05) is 38.1 Å². The smallest absolute Gasteiger partial charge is 0.223 e. The fourth-order valence-electron chi connectivity index (χ4n) is 3.45. The summed E-state index contributed by atoms with van der Waals surface area (Å²) in [5, 5.41) is 10.1. The Bertz CT molecular complexity index is 596. The van der Waals surface area contributed by atoms with E-state index >= 15 is 0 Å². The van der Waals surface area contributed by atoms with Crippen LogP contribution in [-0.2, 0) is 14.3 Å². The van der Waals surface area contributed by atoms with Gasteiger partial charge in [-0.3, -0.25) is 14.7 Å². The van der Waals surface area contributed by atoms with Gasteiger partial charge in [0.2, 0.25) is 11.8 Å². The van der Waals surface area contributed by atoms with Gasteiger partial charge < -0.3 is 15.0 Å². The summed E-state index contributed by atoms with van der Waals surface area (Å²) < 4.78 is 5.31. The fourth-order valence-corrected chi connectivity index (χ4v) is 3.45. The van der Waals surface area contributed by atoms with Gasteiger partial charge in [0.05, 0.1) is 6.04 Å². The van der Waals surface area contributed by atoms with E-state index < -0.39 is 0 Å². The van der Waals surface area contributed by atoms with Crippen LogP contribution in [0.15, 0.2) is 0 Å². The minimum absolute atomic E-state index is 0.0129.